The van der Waals surface area contributed by atoms with E-state index in [-0.39, 0.29) is 30.7 Å². The number of esters is 1. The molecule has 3 rings (SSSR count). The van der Waals surface area contributed by atoms with Crippen molar-refractivity contribution in [1.82, 2.24) is 0 Å². The fourth-order valence-corrected chi connectivity index (χ4v) is 3.04. The van der Waals surface area contributed by atoms with Gasteiger partial charge in [0.1, 0.15) is 5.82 Å². The van der Waals surface area contributed by atoms with E-state index in [1.807, 2.05) is 31.2 Å². The number of ether oxygens (including phenoxy) is 1. The van der Waals surface area contributed by atoms with Crippen LogP contribution in [0.4, 0.5) is 10.1 Å². The number of para-hydroxylation sites is 1. The number of fused-ring (bicyclic) bond motifs is 1. The van der Waals surface area contributed by atoms with Gasteiger partial charge >= 0.3 is 5.97 Å². The molecule has 0 N–H and O–H groups in total. The first kappa shape index (κ1) is 17.1. The number of carbonyl (C=O) groups is 2. The van der Waals surface area contributed by atoms with E-state index >= 15 is 0 Å². The topological polar surface area (TPSA) is 46.6 Å². The van der Waals surface area contributed by atoms with Crippen molar-refractivity contribution in [1.29, 1.82) is 0 Å². The third kappa shape index (κ3) is 4.05. The van der Waals surface area contributed by atoms with Crippen molar-refractivity contribution in [3.05, 3.63) is 65.5 Å². The molecule has 0 radical (unpaired) electrons. The maximum atomic E-state index is 12.9. The van der Waals surface area contributed by atoms with Gasteiger partial charge in [-0.2, -0.15) is 0 Å². The number of carbonyl (C=O) groups excluding carboxylic acids is 2. The number of anilines is 1. The molecule has 0 bridgehead atoms. The Morgan fingerprint density at radius 1 is 1.16 bits per heavy atom. The van der Waals surface area contributed by atoms with E-state index in [2.05, 4.69) is 0 Å². The molecule has 5 heteroatoms. The minimum atomic E-state index is -0.433. The summed E-state index contributed by atoms with van der Waals surface area (Å²) in [7, 11) is 0. The minimum Gasteiger partial charge on any atom is -0.456 e. The number of nitrogens with zero attached hydrogens (tertiary/aromatic N) is 1. The molecule has 0 fully saturated rings. The lowest BCUT2D eigenvalue weighted by atomic mass is 9.98. The van der Waals surface area contributed by atoms with E-state index in [1.165, 1.54) is 12.1 Å². The highest BCUT2D eigenvalue weighted by Gasteiger charge is 2.25. The Morgan fingerprint density at radius 2 is 1.88 bits per heavy atom. The van der Waals surface area contributed by atoms with Gasteiger partial charge < -0.3 is 9.64 Å². The first-order valence-corrected chi connectivity index (χ1v) is 8.34. The molecule has 0 spiro atoms. The third-order valence-corrected chi connectivity index (χ3v) is 4.46. The summed E-state index contributed by atoms with van der Waals surface area (Å²) in [4.78, 5) is 26.0. The Balaban J connectivity index is 1.51. The van der Waals surface area contributed by atoms with E-state index in [0.29, 0.717) is 6.54 Å². The van der Waals surface area contributed by atoms with E-state index in [1.54, 1.807) is 17.0 Å². The molecule has 0 aliphatic carbocycles. The first-order chi connectivity index (χ1) is 12.0. The van der Waals surface area contributed by atoms with Gasteiger partial charge in [-0.05, 0) is 41.7 Å². The SMILES string of the molecule is CC(CC(=O)OCC(=O)N1CCc2ccccc21)c1ccc(F)cc1. The third-order valence-electron chi connectivity index (χ3n) is 4.46. The lowest BCUT2D eigenvalue weighted by molar-refractivity contribution is -0.148. The van der Waals surface area contributed by atoms with Crippen LogP contribution in [0.1, 0.15) is 30.4 Å². The van der Waals surface area contributed by atoms with Crippen LogP contribution in [0, 0.1) is 5.82 Å². The second-order valence-corrected chi connectivity index (χ2v) is 6.24. The summed E-state index contributed by atoms with van der Waals surface area (Å²) in [6.07, 6.45) is 0.965. The standard InChI is InChI=1S/C20H20FNO3/c1-14(15-6-8-17(21)9-7-15)12-20(24)25-13-19(23)22-11-10-16-4-2-3-5-18(16)22/h2-9,14H,10-13H2,1H3. The van der Waals surface area contributed by atoms with Crippen molar-refractivity contribution in [2.45, 2.75) is 25.7 Å². The lowest BCUT2D eigenvalue weighted by Crippen LogP contribution is -2.33. The second kappa shape index (κ2) is 7.47. The number of halogens is 1. The van der Waals surface area contributed by atoms with Crippen molar-refractivity contribution >= 4 is 17.6 Å². The van der Waals surface area contributed by atoms with E-state index < -0.39 is 5.97 Å². The zero-order valence-corrected chi connectivity index (χ0v) is 14.1. The molecule has 4 nitrogen and oxygen atoms in total. The number of amides is 1. The van der Waals surface area contributed by atoms with Crippen molar-refractivity contribution in [3.63, 3.8) is 0 Å². The van der Waals surface area contributed by atoms with E-state index in [0.717, 1.165) is 23.2 Å². The zero-order chi connectivity index (χ0) is 17.8. The summed E-state index contributed by atoms with van der Waals surface area (Å²) in [6, 6.07) is 13.8. The van der Waals surface area contributed by atoms with Crippen LogP contribution in [-0.2, 0) is 20.7 Å². The van der Waals surface area contributed by atoms with Gasteiger partial charge in [0, 0.05) is 12.2 Å². The second-order valence-electron chi connectivity index (χ2n) is 6.24. The molecule has 0 saturated heterocycles. The Bertz CT molecular complexity index is 773. The monoisotopic (exact) mass is 341 g/mol. The summed E-state index contributed by atoms with van der Waals surface area (Å²) in [5, 5.41) is 0. The van der Waals surface area contributed by atoms with Crippen LogP contribution < -0.4 is 4.90 Å². The molecular formula is C20H20FNO3. The fraction of sp³-hybridized carbons (Fsp3) is 0.300. The molecule has 0 aromatic heterocycles. The van der Waals surface area contributed by atoms with Crippen LogP contribution in [0.25, 0.3) is 0 Å². The molecule has 130 valence electrons. The van der Waals surface area contributed by atoms with E-state index in [9.17, 15) is 14.0 Å². The Kier molecular flexibility index (Phi) is 5.12. The summed E-state index contributed by atoms with van der Waals surface area (Å²) >= 11 is 0. The number of hydrogen-bond acceptors (Lipinski definition) is 3. The van der Waals surface area contributed by atoms with Gasteiger partial charge in [-0.3, -0.25) is 9.59 Å². The molecule has 1 amide bonds. The molecule has 1 aliphatic rings. The molecule has 1 atom stereocenters. The van der Waals surface area contributed by atoms with Gasteiger partial charge in [-0.1, -0.05) is 37.3 Å². The summed E-state index contributed by atoms with van der Waals surface area (Å²) in [5.41, 5.74) is 2.88. The van der Waals surface area contributed by atoms with Crippen LogP contribution in [0.5, 0.6) is 0 Å². The van der Waals surface area contributed by atoms with Gasteiger partial charge in [0.05, 0.1) is 6.42 Å². The van der Waals surface area contributed by atoms with Crippen molar-refractivity contribution in [3.8, 4) is 0 Å². The van der Waals surface area contributed by atoms with Gasteiger partial charge in [0.15, 0.2) is 6.61 Å². The molecule has 25 heavy (non-hydrogen) atoms. The Morgan fingerprint density at radius 3 is 2.64 bits per heavy atom. The first-order valence-electron chi connectivity index (χ1n) is 8.34. The molecule has 2 aromatic carbocycles. The van der Waals surface area contributed by atoms with Crippen molar-refractivity contribution in [2.24, 2.45) is 0 Å². The van der Waals surface area contributed by atoms with Crippen LogP contribution in [-0.4, -0.2) is 25.0 Å². The van der Waals surface area contributed by atoms with E-state index in [4.69, 9.17) is 4.74 Å². The highest BCUT2D eigenvalue weighted by molar-refractivity contribution is 5.97. The molecule has 1 heterocycles. The van der Waals surface area contributed by atoms with Crippen molar-refractivity contribution in [2.75, 3.05) is 18.1 Å². The average Bonchev–Trinajstić information content (AvgIpc) is 3.04. The highest BCUT2D eigenvalue weighted by Crippen LogP contribution is 2.27. The molecular weight excluding hydrogens is 321 g/mol. The maximum Gasteiger partial charge on any atom is 0.306 e. The fourth-order valence-electron chi connectivity index (χ4n) is 3.04. The Labute approximate surface area is 146 Å². The number of rotatable bonds is 5. The van der Waals surface area contributed by atoms with Crippen LogP contribution in [0.15, 0.2) is 48.5 Å². The summed E-state index contributed by atoms with van der Waals surface area (Å²) < 4.78 is 18.1. The minimum absolute atomic E-state index is 0.101. The van der Waals surface area contributed by atoms with Gasteiger partial charge in [-0.25, -0.2) is 4.39 Å². The quantitative estimate of drug-likeness (QED) is 0.783. The van der Waals surface area contributed by atoms with Crippen LogP contribution in [0.2, 0.25) is 0 Å². The number of hydrogen-bond donors (Lipinski definition) is 0. The molecule has 2 aromatic rings. The number of benzene rings is 2. The highest BCUT2D eigenvalue weighted by atomic mass is 19.1. The largest absolute Gasteiger partial charge is 0.456 e. The van der Waals surface area contributed by atoms with Crippen LogP contribution >= 0.6 is 0 Å². The van der Waals surface area contributed by atoms with Gasteiger partial charge in [0.2, 0.25) is 0 Å². The predicted octanol–water partition coefficient (Wildman–Crippen LogP) is 3.45. The zero-order valence-electron chi connectivity index (χ0n) is 14.1. The Hall–Kier alpha value is -2.69. The van der Waals surface area contributed by atoms with Gasteiger partial charge in [0.25, 0.3) is 5.91 Å². The van der Waals surface area contributed by atoms with Crippen LogP contribution in [0.3, 0.4) is 0 Å². The molecule has 0 saturated carbocycles. The summed E-state index contributed by atoms with van der Waals surface area (Å²) in [6.45, 7) is 2.22. The van der Waals surface area contributed by atoms with Crippen molar-refractivity contribution < 1.29 is 18.7 Å². The smallest absolute Gasteiger partial charge is 0.306 e. The molecule has 1 unspecified atom stereocenters. The normalized spacial score (nSPS) is 14.1. The molecule has 1 aliphatic heterocycles. The maximum absolute atomic E-state index is 12.9. The average molecular weight is 341 g/mol. The lowest BCUT2D eigenvalue weighted by Gasteiger charge is -2.17. The van der Waals surface area contributed by atoms with Gasteiger partial charge in [-0.15, -0.1) is 0 Å². The predicted molar refractivity (Wildman–Crippen MR) is 92.9 cm³/mol. The summed E-state index contributed by atoms with van der Waals surface area (Å²) in [5.74, 6) is -1.06.